The molecule has 6 nitrogen and oxygen atoms in total. The van der Waals surface area contributed by atoms with Gasteiger partial charge < -0.3 is 20.5 Å². The molecule has 0 fully saturated rings. The topological polar surface area (TPSA) is 90.7 Å². The first kappa shape index (κ1) is 26.2. The van der Waals surface area contributed by atoms with Crippen molar-refractivity contribution in [2.24, 2.45) is 5.73 Å². The Morgan fingerprint density at radius 2 is 1.76 bits per heavy atom. The lowest BCUT2D eigenvalue weighted by atomic mass is 9.84. The van der Waals surface area contributed by atoms with Gasteiger partial charge in [0.15, 0.2) is 0 Å². The van der Waals surface area contributed by atoms with Crippen LogP contribution >= 0.6 is 0 Å². The lowest BCUT2D eigenvalue weighted by Crippen LogP contribution is -2.22. The van der Waals surface area contributed by atoms with Crippen LogP contribution in [-0.4, -0.2) is 26.0 Å². The summed E-state index contributed by atoms with van der Waals surface area (Å²) < 4.78 is 10.9. The zero-order valence-electron chi connectivity index (χ0n) is 20.8. The molecule has 0 spiro atoms. The molecule has 0 aliphatic rings. The molecule has 2 aromatic rings. The number of ether oxygens (including phenoxy) is 2. The predicted octanol–water partition coefficient (Wildman–Crippen LogP) is 5.79. The quantitative estimate of drug-likeness (QED) is 0.420. The van der Waals surface area contributed by atoms with E-state index in [0.29, 0.717) is 23.4 Å². The number of hydrogen-bond donors (Lipinski definition) is 2. The Morgan fingerprint density at radius 3 is 2.33 bits per heavy atom. The van der Waals surface area contributed by atoms with Crippen molar-refractivity contribution in [1.82, 2.24) is 0 Å². The van der Waals surface area contributed by atoms with Gasteiger partial charge in [-0.25, -0.2) is 0 Å². The number of carbonyl (C=O) groups is 2. The van der Waals surface area contributed by atoms with Crippen LogP contribution in [0.4, 0.5) is 5.69 Å². The van der Waals surface area contributed by atoms with E-state index in [-0.39, 0.29) is 17.2 Å². The van der Waals surface area contributed by atoms with Crippen molar-refractivity contribution in [2.45, 2.75) is 71.1 Å². The molecule has 0 heterocycles. The van der Waals surface area contributed by atoms with Gasteiger partial charge in [0, 0.05) is 23.7 Å². The summed E-state index contributed by atoms with van der Waals surface area (Å²) in [6, 6.07) is 11.0. The lowest BCUT2D eigenvalue weighted by Gasteiger charge is -2.25. The molecule has 2 amide bonds. The van der Waals surface area contributed by atoms with Crippen molar-refractivity contribution in [1.29, 1.82) is 0 Å². The summed E-state index contributed by atoms with van der Waals surface area (Å²) in [5.41, 5.74) is 8.20. The van der Waals surface area contributed by atoms with E-state index in [4.69, 9.17) is 15.2 Å². The lowest BCUT2D eigenvalue weighted by molar-refractivity contribution is -0.116. The third-order valence-electron chi connectivity index (χ3n) is 5.85. The first-order valence-corrected chi connectivity index (χ1v) is 11.6. The molecule has 6 heteroatoms. The molecule has 0 aliphatic heterocycles. The number of nitrogens with two attached hydrogens (primary N) is 1. The summed E-state index contributed by atoms with van der Waals surface area (Å²) in [4.78, 5) is 24.9. The maximum atomic E-state index is 13.2. The average Bonchev–Trinajstić information content (AvgIpc) is 2.77. The van der Waals surface area contributed by atoms with Crippen LogP contribution < -0.4 is 20.5 Å². The minimum atomic E-state index is -0.522. The van der Waals surface area contributed by atoms with E-state index in [1.54, 1.807) is 26.4 Å². The SMILES string of the molecule is CCCCC[C@@H](CC(=O)Nc1cc(C(N)=O)ccc1C(C)(C)C)c1ccc(OC)cc1OC. The molecule has 0 saturated carbocycles. The summed E-state index contributed by atoms with van der Waals surface area (Å²) in [6.45, 7) is 8.36. The van der Waals surface area contributed by atoms with Gasteiger partial charge in [-0.15, -0.1) is 0 Å². The maximum Gasteiger partial charge on any atom is 0.248 e. The van der Waals surface area contributed by atoms with Gasteiger partial charge in [-0.3, -0.25) is 9.59 Å². The Kier molecular flexibility index (Phi) is 9.32. The third kappa shape index (κ3) is 7.24. The molecule has 0 saturated heterocycles. The second-order valence-electron chi connectivity index (χ2n) is 9.43. The smallest absolute Gasteiger partial charge is 0.248 e. The molecular weight excluding hydrogens is 416 g/mol. The highest BCUT2D eigenvalue weighted by molar-refractivity contribution is 5.97. The zero-order chi connectivity index (χ0) is 24.6. The number of hydrogen-bond acceptors (Lipinski definition) is 4. The van der Waals surface area contributed by atoms with Gasteiger partial charge in [-0.1, -0.05) is 59.1 Å². The molecule has 180 valence electrons. The van der Waals surface area contributed by atoms with Crippen LogP contribution in [-0.2, 0) is 10.2 Å². The van der Waals surface area contributed by atoms with Crippen LogP contribution in [0.3, 0.4) is 0 Å². The number of methoxy groups -OCH3 is 2. The van der Waals surface area contributed by atoms with Crippen molar-refractivity contribution >= 4 is 17.5 Å². The van der Waals surface area contributed by atoms with Gasteiger partial charge in [0.05, 0.1) is 14.2 Å². The number of unbranched alkanes of at least 4 members (excludes halogenated alkanes) is 2. The molecule has 0 aromatic heterocycles. The van der Waals surface area contributed by atoms with Gasteiger partial charge in [0.2, 0.25) is 11.8 Å². The van der Waals surface area contributed by atoms with Crippen LogP contribution in [0, 0.1) is 0 Å². The standard InChI is InChI=1S/C27H38N2O4/c1-7-8-9-10-18(21-13-12-20(32-5)17-24(21)33-6)16-25(30)29-23-15-19(26(28)31)11-14-22(23)27(2,3)4/h11-15,17-18H,7-10,16H2,1-6H3,(H2,28,31)(H,29,30)/t18-/m0/s1. The number of rotatable bonds is 11. The summed E-state index contributed by atoms with van der Waals surface area (Å²) >= 11 is 0. The molecule has 0 aliphatic carbocycles. The number of anilines is 1. The summed E-state index contributed by atoms with van der Waals surface area (Å²) in [6.07, 6.45) is 4.40. The Hall–Kier alpha value is -3.02. The van der Waals surface area contributed by atoms with E-state index in [1.165, 1.54) is 0 Å². The molecule has 0 radical (unpaired) electrons. The monoisotopic (exact) mass is 454 g/mol. The van der Waals surface area contributed by atoms with Crippen molar-refractivity contribution in [3.63, 3.8) is 0 Å². The highest BCUT2D eigenvalue weighted by atomic mass is 16.5. The number of carbonyl (C=O) groups excluding carboxylic acids is 2. The minimum Gasteiger partial charge on any atom is -0.497 e. The highest BCUT2D eigenvalue weighted by Gasteiger charge is 2.23. The largest absolute Gasteiger partial charge is 0.497 e. The van der Waals surface area contributed by atoms with Crippen LogP contribution in [0.15, 0.2) is 36.4 Å². The van der Waals surface area contributed by atoms with Crippen LogP contribution in [0.1, 0.15) is 87.2 Å². The van der Waals surface area contributed by atoms with E-state index in [0.717, 1.165) is 42.6 Å². The van der Waals surface area contributed by atoms with Gasteiger partial charge in [0.1, 0.15) is 11.5 Å². The zero-order valence-corrected chi connectivity index (χ0v) is 20.8. The van der Waals surface area contributed by atoms with Gasteiger partial charge in [-0.05, 0) is 47.1 Å². The molecule has 2 rings (SSSR count). The second-order valence-corrected chi connectivity index (χ2v) is 9.43. The fourth-order valence-corrected chi connectivity index (χ4v) is 4.04. The van der Waals surface area contributed by atoms with Crippen LogP contribution in [0.5, 0.6) is 11.5 Å². The van der Waals surface area contributed by atoms with Crippen molar-refractivity contribution in [3.8, 4) is 11.5 Å². The summed E-state index contributed by atoms with van der Waals surface area (Å²) in [5, 5.41) is 3.05. The Labute approximate surface area is 197 Å². The van der Waals surface area contributed by atoms with Crippen LogP contribution in [0.25, 0.3) is 0 Å². The number of primary amides is 1. The molecule has 0 bridgehead atoms. The summed E-state index contributed by atoms with van der Waals surface area (Å²) in [7, 11) is 3.25. The first-order valence-electron chi connectivity index (χ1n) is 11.6. The Balaban J connectivity index is 2.34. The molecule has 1 atom stereocenters. The summed E-state index contributed by atoms with van der Waals surface area (Å²) in [5.74, 6) is 0.794. The molecule has 3 N–H and O–H groups in total. The second kappa shape index (κ2) is 11.7. The Bertz CT molecular complexity index is 963. The van der Waals surface area contributed by atoms with Gasteiger partial charge >= 0.3 is 0 Å². The number of nitrogens with one attached hydrogen (secondary N) is 1. The normalized spacial score (nSPS) is 12.2. The highest BCUT2D eigenvalue weighted by Crippen LogP contribution is 2.36. The molecular formula is C27H38N2O4. The van der Waals surface area contributed by atoms with Crippen molar-refractivity contribution in [3.05, 3.63) is 53.1 Å². The van der Waals surface area contributed by atoms with Crippen molar-refractivity contribution < 1.29 is 19.1 Å². The fourth-order valence-electron chi connectivity index (χ4n) is 4.04. The number of amides is 2. The fraction of sp³-hybridized carbons (Fsp3) is 0.481. The Morgan fingerprint density at radius 1 is 1.03 bits per heavy atom. The van der Waals surface area contributed by atoms with E-state index in [2.05, 4.69) is 33.0 Å². The third-order valence-corrected chi connectivity index (χ3v) is 5.85. The van der Waals surface area contributed by atoms with E-state index < -0.39 is 5.91 Å². The van der Waals surface area contributed by atoms with Crippen molar-refractivity contribution in [2.75, 3.05) is 19.5 Å². The van der Waals surface area contributed by atoms with Gasteiger partial charge in [0.25, 0.3) is 0 Å². The van der Waals surface area contributed by atoms with E-state index in [9.17, 15) is 9.59 Å². The molecule has 0 unspecified atom stereocenters. The minimum absolute atomic E-state index is 0.00480. The predicted molar refractivity (Wildman–Crippen MR) is 133 cm³/mol. The van der Waals surface area contributed by atoms with Crippen LogP contribution in [0.2, 0.25) is 0 Å². The maximum absolute atomic E-state index is 13.2. The number of benzene rings is 2. The van der Waals surface area contributed by atoms with E-state index >= 15 is 0 Å². The van der Waals surface area contributed by atoms with Gasteiger partial charge in [-0.2, -0.15) is 0 Å². The molecule has 2 aromatic carbocycles. The molecule has 33 heavy (non-hydrogen) atoms. The van der Waals surface area contributed by atoms with E-state index in [1.807, 2.05) is 24.3 Å². The first-order chi connectivity index (χ1) is 15.6. The average molecular weight is 455 g/mol.